The van der Waals surface area contributed by atoms with Crippen molar-refractivity contribution in [3.8, 4) is 0 Å². The van der Waals surface area contributed by atoms with Gasteiger partial charge in [-0.25, -0.2) is 0 Å². The van der Waals surface area contributed by atoms with Crippen LogP contribution in [0.5, 0.6) is 0 Å². The zero-order valence-electron chi connectivity index (χ0n) is 10.6. The van der Waals surface area contributed by atoms with Gasteiger partial charge in [-0.1, -0.05) is 0 Å². The summed E-state index contributed by atoms with van der Waals surface area (Å²) >= 11 is -7.79. The molecule has 0 heterocycles. The Balaban J connectivity index is 5.47. The van der Waals surface area contributed by atoms with Crippen LogP contribution in [-0.2, 0) is 1.41 Å². The molecule has 0 aromatic rings. The Morgan fingerprint density at radius 3 is 1.42 bits per heavy atom. The topological polar surface area (TPSA) is 9.23 Å². The second kappa shape index (κ2) is 9.22. The normalized spacial score (nSPS) is 21.1. The summed E-state index contributed by atoms with van der Waals surface area (Å²) in [5, 5.41) is 0. The van der Waals surface area contributed by atoms with E-state index in [2.05, 4.69) is 26.3 Å². The monoisotopic (exact) mass is 494 g/mol. The molecule has 0 rings (SSSR count). The molecule has 0 aromatic carbocycles. The van der Waals surface area contributed by atoms with Crippen LogP contribution in [0.15, 0.2) is 50.6 Å². The average molecular weight is 492 g/mol. The van der Waals surface area contributed by atoms with Gasteiger partial charge in [0.05, 0.1) is 0 Å². The Kier molecular flexibility index (Phi) is 9.34. The first kappa shape index (κ1) is 19.2. The van der Waals surface area contributed by atoms with Crippen molar-refractivity contribution in [2.45, 2.75) is 16.8 Å². The fourth-order valence-electron chi connectivity index (χ4n) is 1.54. The van der Waals surface area contributed by atoms with E-state index in [9.17, 15) is 17.6 Å². The molecule has 0 saturated carbocycles. The van der Waals surface area contributed by atoms with E-state index in [0.717, 1.165) is 24.3 Å². The van der Waals surface area contributed by atoms with Gasteiger partial charge in [0.2, 0.25) is 0 Å². The van der Waals surface area contributed by atoms with Crippen LogP contribution in [0.4, 0.5) is 17.6 Å². The maximum atomic E-state index is 14.0. The molecule has 19 heavy (non-hydrogen) atoms. The van der Waals surface area contributed by atoms with Crippen molar-refractivity contribution in [3.05, 3.63) is 50.6 Å². The first-order chi connectivity index (χ1) is 8.90. The third-order valence-corrected chi connectivity index (χ3v) is 28.6. The van der Waals surface area contributed by atoms with Crippen molar-refractivity contribution in [1.82, 2.24) is 0 Å². The summed E-state index contributed by atoms with van der Waals surface area (Å²) in [5.74, 6) is 0. The molecule has 0 saturated heterocycles. The Hall–Kier alpha value is 0.237. The third-order valence-electron chi connectivity index (χ3n) is 2.66. The van der Waals surface area contributed by atoms with E-state index in [-0.39, 0.29) is 0 Å². The SMILES string of the molecule is C=C[CH](F)[SnH2][O][Sn]([CH](F)C=C)([CH](F)C=C)[CH](F)C=C. The minimum absolute atomic E-state index is 0.815. The maximum absolute atomic E-state index is 14.0. The number of halogens is 4. The van der Waals surface area contributed by atoms with Crippen LogP contribution in [0, 0.1) is 0 Å². The molecule has 0 radical (unpaired) electrons. The Bertz CT molecular complexity index is 302. The first-order valence-corrected chi connectivity index (χ1v) is 15.7. The fraction of sp³-hybridized carbons (Fsp3) is 0.333. The quantitative estimate of drug-likeness (QED) is 0.259. The molecule has 0 fully saturated rings. The molecular formula is C12H18F4OSn2. The molecule has 0 spiro atoms. The van der Waals surface area contributed by atoms with E-state index in [1.807, 2.05) is 0 Å². The Morgan fingerprint density at radius 1 is 0.789 bits per heavy atom. The molecule has 0 N–H and O–H groups in total. The molecule has 4 unspecified atom stereocenters. The molecular weight excluding hydrogens is 474 g/mol. The molecule has 0 aromatic heterocycles. The van der Waals surface area contributed by atoms with Crippen molar-refractivity contribution in [1.29, 1.82) is 0 Å². The van der Waals surface area contributed by atoms with E-state index in [1.165, 1.54) is 0 Å². The summed E-state index contributed by atoms with van der Waals surface area (Å²) in [6.07, 6.45) is 3.45. The van der Waals surface area contributed by atoms with Crippen molar-refractivity contribution in [2.24, 2.45) is 0 Å². The van der Waals surface area contributed by atoms with Gasteiger partial charge >= 0.3 is 127 Å². The van der Waals surface area contributed by atoms with Gasteiger partial charge in [0.25, 0.3) is 0 Å². The number of allylic oxidation sites excluding steroid dienone is 4. The van der Waals surface area contributed by atoms with E-state index in [0.29, 0.717) is 0 Å². The van der Waals surface area contributed by atoms with Crippen molar-refractivity contribution >= 4 is 40.3 Å². The van der Waals surface area contributed by atoms with E-state index < -0.39 is 57.1 Å². The first-order valence-electron chi connectivity index (χ1n) is 5.61. The van der Waals surface area contributed by atoms with E-state index in [4.69, 9.17) is 1.41 Å². The van der Waals surface area contributed by atoms with Gasteiger partial charge in [0.15, 0.2) is 0 Å². The van der Waals surface area contributed by atoms with Gasteiger partial charge in [-0.15, -0.1) is 0 Å². The molecule has 7 heteroatoms. The van der Waals surface area contributed by atoms with Gasteiger partial charge in [0, 0.05) is 0 Å². The van der Waals surface area contributed by atoms with Gasteiger partial charge in [-0.05, 0) is 0 Å². The molecule has 0 aliphatic rings. The predicted molar refractivity (Wildman–Crippen MR) is 75.8 cm³/mol. The number of hydrogen-bond acceptors (Lipinski definition) is 1. The third kappa shape index (κ3) is 4.63. The second-order valence-electron chi connectivity index (χ2n) is 3.83. The molecule has 4 atom stereocenters. The summed E-state index contributed by atoms with van der Waals surface area (Å²) < 4.78 is 53.4. The number of alkyl halides is 4. The van der Waals surface area contributed by atoms with Crippen LogP contribution in [-0.4, -0.2) is 57.1 Å². The van der Waals surface area contributed by atoms with Crippen LogP contribution in [0.2, 0.25) is 0 Å². The second-order valence-corrected chi connectivity index (χ2v) is 23.0. The molecule has 0 aliphatic heterocycles. The number of hydrogen-bond donors (Lipinski definition) is 0. The Morgan fingerprint density at radius 2 is 1.16 bits per heavy atom. The van der Waals surface area contributed by atoms with Crippen molar-refractivity contribution in [2.75, 3.05) is 0 Å². The predicted octanol–water partition coefficient (Wildman–Crippen LogP) is 2.70. The Labute approximate surface area is 126 Å². The van der Waals surface area contributed by atoms with Crippen LogP contribution < -0.4 is 0 Å². The van der Waals surface area contributed by atoms with Crippen LogP contribution >= 0.6 is 0 Å². The summed E-state index contributed by atoms with van der Waals surface area (Å²) in [6, 6.07) is 0. The van der Waals surface area contributed by atoms with Crippen molar-refractivity contribution in [3.63, 3.8) is 0 Å². The van der Waals surface area contributed by atoms with Gasteiger partial charge < -0.3 is 0 Å². The van der Waals surface area contributed by atoms with Gasteiger partial charge in [-0.3, -0.25) is 0 Å². The van der Waals surface area contributed by atoms with Gasteiger partial charge in [-0.2, -0.15) is 0 Å². The van der Waals surface area contributed by atoms with Gasteiger partial charge in [0.1, 0.15) is 0 Å². The van der Waals surface area contributed by atoms with Crippen molar-refractivity contribution < 1.29 is 19.0 Å². The standard InChI is InChI=1S/4C3H4F.O.2Sn.2H/c4*1-2-3-4;;;;;/h4*2-3H,1H2;;;;;. The molecule has 0 bridgehead atoms. The number of rotatable bonds is 10. The molecule has 0 aliphatic carbocycles. The van der Waals surface area contributed by atoms with Crippen LogP contribution in [0.1, 0.15) is 0 Å². The zero-order valence-corrected chi connectivity index (χ0v) is 17.5. The summed E-state index contributed by atoms with van der Waals surface area (Å²) in [4.78, 5) is 0. The van der Waals surface area contributed by atoms with E-state index >= 15 is 0 Å². The zero-order chi connectivity index (χ0) is 15.1. The molecule has 0 amide bonds. The fourth-order valence-corrected chi connectivity index (χ4v) is 28.0. The minimum atomic E-state index is -5.13. The van der Waals surface area contributed by atoms with Crippen LogP contribution in [0.3, 0.4) is 0 Å². The molecule has 108 valence electrons. The summed E-state index contributed by atoms with van der Waals surface area (Å²) in [7, 11) is 0. The molecule has 1 nitrogen and oxygen atoms in total. The van der Waals surface area contributed by atoms with E-state index in [1.54, 1.807) is 0 Å². The summed E-state index contributed by atoms with van der Waals surface area (Å²) in [5.41, 5.74) is 0. The van der Waals surface area contributed by atoms with Crippen LogP contribution in [0.25, 0.3) is 0 Å². The average Bonchev–Trinajstić information content (AvgIpc) is 2.45. The summed E-state index contributed by atoms with van der Waals surface area (Å²) in [6.45, 7) is 12.9.